The van der Waals surface area contributed by atoms with Crippen LogP contribution in [0, 0.1) is 17.0 Å². The van der Waals surface area contributed by atoms with Gasteiger partial charge in [-0.05, 0) is 24.6 Å². The third-order valence-electron chi connectivity index (χ3n) is 4.96. The molecule has 0 radical (unpaired) electrons. The van der Waals surface area contributed by atoms with Crippen molar-refractivity contribution in [2.24, 2.45) is 0 Å². The van der Waals surface area contributed by atoms with Gasteiger partial charge in [-0.1, -0.05) is 23.8 Å². The number of amides is 1. The summed E-state index contributed by atoms with van der Waals surface area (Å²) < 4.78 is 5.33. The normalized spacial score (nSPS) is 19.6. The molecule has 1 aromatic carbocycles. The van der Waals surface area contributed by atoms with Crippen LogP contribution in [-0.2, 0) is 27.4 Å². The number of rotatable bonds is 7. The number of thioether (sulfide) groups is 1. The molecule has 0 saturated carbocycles. The number of benzene rings is 1. The summed E-state index contributed by atoms with van der Waals surface area (Å²) in [5.74, 6) is -0.686. The Labute approximate surface area is 207 Å². The highest BCUT2D eigenvalue weighted by atomic mass is 35.5. The van der Waals surface area contributed by atoms with E-state index in [0.29, 0.717) is 22.7 Å². The van der Waals surface area contributed by atoms with Gasteiger partial charge < -0.3 is 10.1 Å². The lowest BCUT2D eigenvalue weighted by Crippen LogP contribution is -2.70. The Morgan fingerprint density at radius 3 is 2.79 bits per heavy atom. The number of ether oxygens (including phenoxy) is 1. The number of carbonyl (C=O) groups excluding carboxylic acids is 2. The van der Waals surface area contributed by atoms with Crippen molar-refractivity contribution in [1.82, 2.24) is 15.2 Å². The summed E-state index contributed by atoms with van der Waals surface area (Å²) in [7, 11) is 0. The van der Waals surface area contributed by atoms with Crippen molar-refractivity contribution in [1.29, 1.82) is 0 Å². The van der Waals surface area contributed by atoms with Crippen molar-refractivity contribution in [3.8, 4) is 0 Å². The Bertz CT molecular complexity index is 1170. The summed E-state index contributed by atoms with van der Waals surface area (Å²) in [5.41, 5.74) is 1.37. The van der Waals surface area contributed by atoms with E-state index in [0.717, 1.165) is 10.7 Å². The van der Waals surface area contributed by atoms with Gasteiger partial charge in [0.2, 0.25) is 0 Å². The van der Waals surface area contributed by atoms with Crippen LogP contribution in [0.15, 0.2) is 40.4 Å². The maximum absolute atomic E-state index is 12.8. The van der Waals surface area contributed by atoms with Crippen molar-refractivity contribution < 1.29 is 19.2 Å². The van der Waals surface area contributed by atoms with Gasteiger partial charge >= 0.3 is 5.97 Å². The molecular weight excluding hydrogens is 508 g/mol. The second kappa shape index (κ2) is 9.75. The number of thiazole rings is 1. The number of nitrogens with one attached hydrogen (secondary N) is 1. The standard InChI is InChI=1S/C20H17ClN4O5S3/c1-10-22-12(8-32-10)6-15(31)23-16-18(26)24-17(14(21)9-33-19(16)24)20(27)30-7-11-2-4-13(5-3-11)25(28)29/h2-5,8,16,19H,6-7,9H2,1H3,(H,23,31)/t16-,19+/m1/s1. The topological polar surface area (TPSA) is 115 Å². The van der Waals surface area contributed by atoms with Gasteiger partial charge in [0.15, 0.2) is 0 Å². The maximum Gasteiger partial charge on any atom is 0.356 e. The first-order valence-electron chi connectivity index (χ1n) is 9.68. The molecule has 1 N–H and O–H groups in total. The number of non-ortho nitro benzene ring substituents is 1. The van der Waals surface area contributed by atoms with Gasteiger partial charge in [-0.2, -0.15) is 0 Å². The minimum Gasteiger partial charge on any atom is -0.456 e. The van der Waals surface area contributed by atoms with E-state index in [4.69, 9.17) is 28.6 Å². The third kappa shape index (κ3) is 5.03. The van der Waals surface area contributed by atoms with Crippen molar-refractivity contribution in [2.75, 3.05) is 5.75 Å². The summed E-state index contributed by atoms with van der Waals surface area (Å²) in [4.78, 5) is 42.0. The van der Waals surface area contributed by atoms with Gasteiger partial charge in [0.25, 0.3) is 11.6 Å². The van der Waals surface area contributed by atoms with Gasteiger partial charge in [-0.15, -0.1) is 23.1 Å². The summed E-state index contributed by atoms with van der Waals surface area (Å²) >= 11 is 14.6. The number of hydrogen-bond acceptors (Lipinski definition) is 9. The quantitative estimate of drug-likeness (QED) is 0.191. The monoisotopic (exact) mass is 524 g/mol. The molecule has 1 fully saturated rings. The number of nitro groups is 1. The molecule has 2 aliphatic heterocycles. The molecule has 0 unspecified atom stereocenters. The highest BCUT2D eigenvalue weighted by molar-refractivity contribution is 8.00. The SMILES string of the molecule is Cc1nc(CC(=S)N[C@@H]2C(=O)N3C(C(=O)OCc4ccc([N+](=O)[O-])cc4)=C(Cl)CS[C@@H]23)cs1. The van der Waals surface area contributed by atoms with Crippen LogP contribution >= 0.6 is 46.9 Å². The molecular formula is C20H17ClN4O5S3. The highest BCUT2D eigenvalue weighted by Gasteiger charge is 2.54. The molecule has 1 aromatic heterocycles. The molecule has 2 aromatic rings. The molecule has 3 heterocycles. The second-order valence-corrected chi connectivity index (χ2v) is 10.4. The molecule has 1 saturated heterocycles. The number of esters is 1. The average molecular weight is 525 g/mol. The van der Waals surface area contributed by atoms with Crippen molar-refractivity contribution in [3.05, 3.63) is 66.8 Å². The summed E-state index contributed by atoms with van der Waals surface area (Å²) in [6, 6.07) is 5.09. The van der Waals surface area contributed by atoms with Crippen LogP contribution in [0.2, 0.25) is 0 Å². The van der Waals surface area contributed by atoms with E-state index < -0.39 is 16.9 Å². The minimum atomic E-state index is -0.726. The zero-order chi connectivity index (χ0) is 23.7. The van der Waals surface area contributed by atoms with Crippen LogP contribution in [0.4, 0.5) is 5.69 Å². The third-order valence-corrected chi connectivity index (χ3v) is 7.79. The molecule has 0 aliphatic carbocycles. The first-order chi connectivity index (χ1) is 15.7. The Kier molecular flexibility index (Phi) is 6.98. The van der Waals surface area contributed by atoms with Gasteiger partial charge in [-0.25, -0.2) is 9.78 Å². The van der Waals surface area contributed by atoms with Crippen LogP contribution in [0.1, 0.15) is 16.3 Å². The van der Waals surface area contributed by atoms with Crippen molar-refractivity contribution in [3.63, 3.8) is 0 Å². The fourth-order valence-electron chi connectivity index (χ4n) is 3.38. The molecule has 4 rings (SSSR count). The zero-order valence-corrected chi connectivity index (χ0v) is 20.4. The Morgan fingerprint density at radius 2 is 2.15 bits per heavy atom. The molecule has 1 amide bonds. The average Bonchev–Trinajstić information content (AvgIpc) is 3.20. The van der Waals surface area contributed by atoms with Crippen LogP contribution in [-0.4, -0.2) is 48.8 Å². The molecule has 2 aliphatic rings. The van der Waals surface area contributed by atoms with Gasteiger partial charge in [0.05, 0.1) is 25.6 Å². The number of fused-ring (bicyclic) bond motifs is 1. The lowest BCUT2D eigenvalue weighted by molar-refractivity contribution is -0.384. The first-order valence-corrected chi connectivity index (χ1v) is 12.4. The van der Waals surface area contributed by atoms with E-state index in [1.54, 1.807) is 0 Å². The lowest BCUT2D eigenvalue weighted by Gasteiger charge is -2.49. The van der Waals surface area contributed by atoms with E-state index in [-0.39, 0.29) is 34.3 Å². The summed E-state index contributed by atoms with van der Waals surface area (Å²) in [6.45, 7) is 1.80. The van der Waals surface area contributed by atoms with Crippen LogP contribution in [0.3, 0.4) is 0 Å². The number of nitrogens with zero attached hydrogens (tertiary/aromatic N) is 3. The number of β-lactam (4-membered cyclic amide) rings is 1. The first kappa shape index (κ1) is 23.6. The number of aromatic nitrogens is 1. The van der Waals surface area contributed by atoms with Crippen LogP contribution in [0.5, 0.6) is 0 Å². The predicted molar refractivity (Wildman–Crippen MR) is 129 cm³/mol. The molecule has 0 spiro atoms. The van der Waals surface area contributed by atoms with Crippen molar-refractivity contribution >= 4 is 69.5 Å². The summed E-state index contributed by atoms with van der Waals surface area (Å²) in [5, 5.41) is 16.6. The number of hydrogen-bond donors (Lipinski definition) is 1. The molecule has 172 valence electrons. The van der Waals surface area contributed by atoms with Crippen molar-refractivity contribution in [2.45, 2.75) is 31.4 Å². The second-order valence-electron chi connectivity index (χ2n) is 7.24. The summed E-state index contributed by atoms with van der Waals surface area (Å²) in [6.07, 6.45) is 0.432. The molecule has 9 nitrogen and oxygen atoms in total. The number of nitro benzene ring substituents is 1. The zero-order valence-electron chi connectivity index (χ0n) is 17.1. The van der Waals surface area contributed by atoms with Gasteiger partial charge in [-0.3, -0.25) is 19.8 Å². The fraction of sp³-hybridized carbons (Fsp3) is 0.300. The van der Waals surface area contributed by atoms with E-state index in [2.05, 4.69) is 10.3 Å². The Morgan fingerprint density at radius 1 is 1.42 bits per heavy atom. The van der Waals surface area contributed by atoms with E-state index >= 15 is 0 Å². The smallest absolute Gasteiger partial charge is 0.356 e. The Balaban J connectivity index is 1.37. The lowest BCUT2D eigenvalue weighted by atomic mass is 10.0. The minimum absolute atomic E-state index is 0.0198. The van der Waals surface area contributed by atoms with Gasteiger partial charge in [0, 0.05) is 29.7 Å². The number of carbonyl (C=O) groups is 2. The maximum atomic E-state index is 12.8. The number of halogens is 1. The van der Waals surface area contributed by atoms with E-state index in [1.165, 1.54) is 52.3 Å². The Hall–Kier alpha value is -2.54. The molecule has 0 bridgehead atoms. The number of thiocarbonyl (C=S) groups is 1. The predicted octanol–water partition coefficient (Wildman–Crippen LogP) is 3.30. The molecule has 33 heavy (non-hydrogen) atoms. The molecule has 13 heteroatoms. The van der Waals surface area contributed by atoms with Crippen LogP contribution in [0.25, 0.3) is 0 Å². The fourth-order valence-corrected chi connectivity index (χ4v) is 5.82. The van der Waals surface area contributed by atoms with Crippen LogP contribution < -0.4 is 5.32 Å². The largest absolute Gasteiger partial charge is 0.456 e. The van der Waals surface area contributed by atoms with E-state index in [1.807, 2.05) is 12.3 Å². The highest BCUT2D eigenvalue weighted by Crippen LogP contribution is 2.41. The van der Waals surface area contributed by atoms with E-state index in [9.17, 15) is 19.7 Å². The number of aryl methyl sites for hydroxylation is 1. The van der Waals surface area contributed by atoms with Gasteiger partial charge in [0.1, 0.15) is 23.7 Å². The molecule has 2 atom stereocenters.